The van der Waals surface area contributed by atoms with Crippen molar-refractivity contribution in [1.82, 2.24) is 19.5 Å². The van der Waals surface area contributed by atoms with E-state index in [1.165, 1.54) is 29.0 Å². The molecule has 0 aliphatic carbocycles. The number of nitrogens with one attached hydrogen (secondary N) is 1. The standard InChI is InChI=1S/C30H30FN5O4/c1-4-39-29(38)22-16-33-36-26(22)32-15-21(27(36)34-24-13-18(2)5-6-19(24)3)28(37)35-11-9-30(10-12-35)17-40-25-14-20(31)7-8-23(25)30/h5-8,13-16,34H,4,9-12,17H2,1-3H3. The molecule has 4 heterocycles. The third kappa shape index (κ3) is 4.33. The molecule has 1 saturated heterocycles. The number of anilines is 2. The van der Waals surface area contributed by atoms with Crippen LogP contribution in [0.1, 0.15) is 57.2 Å². The molecule has 1 spiro atoms. The topological polar surface area (TPSA) is 98.1 Å². The van der Waals surface area contributed by atoms with E-state index in [4.69, 9.17) is 9.47 Å². The minimum absolute atomic E-state index is 0.191. The quantitative estimate of drug-likeness (QED) is 0.355. The number of fused-ring (bicyclic) bond motifs is 3. The SMILES string of the molecule is CCOC(=O)c1cnn2c(Nc3cc(C)ccc3C)c(C(=O)N3CCC4(CC3)COc3cc(F)ccc34)cnc12. The second-order valence-corrected chi connectivity index (χ2v) is 10.5. The van der Waals surface area contributed by atoms with E-state index in [1.54, 1.807) is 17.9 Å². The van der Waals surface area contributed by atoms with Gasteiger partial charge in [-0.05, 0) is 56.9 Å². The maximum absolute atomic E-state index is 14.0. The van der Waals surface area contributed by atoms with Crippen molar-refractivity contribution in [2.24, 2.45) is 0 Å². The molecule has 0 atom stereocenters. The Morgan fingerprint density at radius 2 is 1.90 bits per heavy atom. The minimum atomic E-state index is -0.526. The highest BCUT2D eigenvalue weighted by molar-refractivity contribution is 6.01. The first-order valence-electron chi connectivity index (χ1n) is 13.4. The highest BCUT2D eigenvalue weighted by Crippen LogP contribution is 2.46. The lowest BCUT2D eigenvalue weighted by Crippen LogP contribution is -2.46. The Labute approximate surface area is 230 Å². The molecule has 2 aromatic carbocycles. The maximum atomic E-state index is 14.0. The van der Waals surface area contributed by atoms with Gasteiger partial charge < -0.3 is 19.7 Å². The van der Waals surface area contributed by atoms with E-state index in [0.29, 0.717) is 55.3 Å². The van der Waals surface area contributed by atoms with Gasteiger partial charge in [-0.3, -0.25) is 4.79 Å². The maximum Gasteiger partial charge on any atom is 0.343 e. The van der Waals surface area contributed by atoms with Gasteiger partial charge in [0, 0.05) is 42.0 Å². The summed E-state index contributed by atoms with van der Waals surface area (Å²) in [5.74, 6) is -0.0273. The Morgan fingerprint density at radius 1 is 1.10 bits per heavy atom. The van der Waals surface area contributed by atoms with E-state index < -0.39 is 5.97 Å². The van der Waals surface area contributed by atoms with Gasteiger partial charge in [0.15, 0.2) is 5.65 Å². The Morgan fingerprint density at radius 3 is 2.67 bits per heavy atom. The van der Waals surface area contributed by atoms with Crippen LogP contribution in [0.2, 0.25) is 0 Å². The zero-order chi connectivity index (χ0) is 28.0. The van der Waals surface area contributed by atoms with E-state index in [2.05, 4.69) is 15.4 Å². The van der Waals surface area contributed by atoms with Crippen LogP contribution in [0, 0.1) is 19.7 Å². The van der Waals surface area contributed by atoms with Crippen LogP contribution in [0.5, 0.6) is 5.75 Å². The molecule has 0 unspecified atom stereocenters. The smallest absolute Gasteiger partial charge is 0.343 e. The first-order valence-corrected chi connectivity index (χ1v) is 13.4. The van der Waals surface area contributed by atoms with Gasteiger partial charge in [-0.25, -0.2) is 14.2 Å². The predicted molar refractivity (Wildman–Crippen MR) is 147 cm³/mol. The van der Waals surface area contributed by atoms with Gasteiger partial charge in [-0.15, -0.1) is 0 Å². The fourth-order valence-electron chi connectivity index (χ4n) is 5.63. The number of ether oxygens (including phenoxy) is 2. The largest absolute Gasteiger partial charge is 0.492 e. The molecular formula is C30H30FN5O4. The molecule has 2 aliphatic rings. The number of aryl methyl sites for hydroxylation is 2. The van der Waals surface area contributed by atoms with Crippen LogP contribution in [0.3, 0.4) is 0 Å². The number of hydrogen-bond donors (Lipinski definition) is 1. The zero-order valence-electron chi connectivity index (χ0n) is 22.7. The van der Waals surface area contributed by atoms with Gasteiger partial charge in [0.2, 0.25) is 0 Å². The monoisotopic (exact) mass is 543 g/mol. The summed E-state index contributed by atoms with van der Waals surface area (Å²) in [7, 11) is 0. The minimum Gasteiger partial charge on any atom is -0.492 e. The molecule has 0 bridgehead atoms. The van der Waals surface area contributed by atoms with Crippen molar-refractivity contribution < 1.29 is 23.5 Å². The Kier molecular flexibility index (Phi) is 6.40. The molecule has 10 heteroatoms. The molecule has 9 nitrogen and oxygen atoms in total. The number of aromatic nitrogens is 3. The van der Waals surface area contributed by atoms with Crippen molar-refractivity contribution in [3.05, 3.63) is 82.4 Å². The Bertz CT molecular complexity index is 1640. The highest BCUT2D eigenvalue weighted by Gasteiger charge is 2.44. The van der Waals surface area contributed by atoms with Gasteiger partial charge in [-0.1, -0.05) is 18.2 Å². The number of nitrogens with zero attached hydrogens (tertiary/aromatic N) is 4. The van der Waals surface area contributed by atoms with Crippen LogP contribution in [-0.4, -0.2) is 57.7 Å². The van der Waals surface area contributed by atoms with E-state index in [-0.39, 0.29) is 29.3 Å². The number of amides is 1. The molecule has 6 rings (SSSR count). The van der Waals surface area contributed by atoms with Crippen molar-refractivity contribution in [3.8, 4) is 5.75 Å². The van der Waals surface area contributed by atoms with Crippen LogP contribution in [0.25, 0.3) is 5.65 Å². The first kappa shape index (κ1) is 25.8. The number of carbonyl (C=O) groups excluding carboxylic acids is 2. The van der Waals surface area contributed by atoms with Crippen LogP contribution < -0.4 is 10.1 Å². The molecule has 4 aromatic rings. The average Bonchev–Trinajstić information content (AvgIpc) is 3.53. The Hall–Kier alpha value is -4.47. The van der Waals surface area contributed by atoms with Crippen molar-refractivity contribution in [3.63, 3.8) is 0 Å². The lowest BCUT2D eigenvalue weighted by atomic mass is 9.74. The number of hydrogen-bond acceptors (Lipinski definition) is 7. The number of carbonyl (C=O) groups is 2. The first-order chi connectivity index (χ1) is 19.3. The zero-order valence-corrected chi connectivity index (χ0v) is 22.7. The number of esters is 1. The second-order valence-electron chi connectivity index (χ2n) is 10.5. The fourth-order valence-corrected chi connectivity index (χ4v) is 5.63. The molecule has 206 valence electrons. The molecule has 1 fully saturated rings. The van der Waals surface area contributed by atoms with Crippen molar-refractivity contribution >= 4 is 29.0 Å². The Balaban J connectivity index is 1.34. The summed E-state index contributed by atoms with van der Waals surface area (Å²) in [6, 6.07) is 10.7. The van der Waals surface area contributed by atoms with Gasteiger partial charge in [-0.2, -0.15) is 9.61 Å². The van der Waals surface area contributed by atoms with Crippen LogP contribution in [0.15, 0.2) is 48.8 Å². The summed E-state index contributed by atoms with van der Waals surface area (Å²) in [5.41, 5.74) is 4.49. The summed E-state index contributed by atoms with van der Waals surface area (Å²) in [6.07, 6.45) is 4.30. The lowest BCUT2D eigenvalue weighted by Gasteiger charge is -2.38. The third-order valence-corrected chi connectivity index (χ3v) is 7.93. The number of benzene rings is 2. The average molecular weight is 544 g/mol. The molecule has 0 saturated carbocycles. The molecule has 1 N–H and O–H groups in total. The van der Waals surface area contributed by atoms with E-state index in [1.807, 2.05) is 32.0 Å². The molecule has 1 amide bonds. The molecule has 2 aromatic heterocycles. The van der Waals surface area contributed by atoms with Crippen molar-refractivity contribution in [1.29, 1.82) is 0 Å². The summed E-state index contributed by atoms with van der Waals surface area (Å²) in [5, 5.41) is 7.82. The van der Waals surface area contributed by atoms with Crippen LogP contribution >= 0.6 is 0 Å². The summed E-state index contributed by atoms with van der Waals surface area (Å²) in [6.45, 7) is 7.42. The van der Waals surface area contributed by atoms with Crippen molar-refractivity contribution in [2.45, 2.75) is 39.0 Å². The summed E-state index contributed by atoms with van der Waals surface area (Å²) >= 11 is 0. The van der Waals surface area contributed by atoms with Gasteiger partial charge in [0.05, 0.1) is 19.4 Å². The highest BCUT2D eigenvalue weighted by atomic mass is 19.1. The summed E-state index contributed by atoms with van der Waals surface area (Å²) < 4.78 is 26.2. The molecule has 0 radical (unpaired) electrons. The van der Waals surface area contributed by atoms with Crippen LogP contribution in [-0.2, 0) is 10.2 Å². The van der Waals surface area contributed by atoms with Gasteiger partial charge in [0.1, 0.15) is 28.5 Å². The fraction of sp³-hybridized carbons (Fsp3) is 0.333. The predicted octanol–water partition coefficient (Wildman–Crippen LogP) is 4.97. The van der Waals surface area contributed by atoms with Gasteiger partial charge in [0.25, 0.3) is 5.91 Å². The van der Waals surface area contributed by atoms with E-state index in [0.717, 1.165) is 22.4 Å². The molecular weight excluding hydrogens is 513 g/mol. The molecule has 2 aliphatic heterocycles. The lowest BCUT2D eigenvalue weighted by molar-refractivity contribution is 0.0528. The normalized spacial score (nSPS) is 15.7. The third-order valence-electron chi connectivity index (χ3n) is 7.93. The van der Waals surface area contributed by atoms with E-state index in [9.17, 15) is 14.0 Å². The number of halogens is 1. The number of likely N-dealkylation sites (tertiary alicyclic amines) is 1. The summed E-state index contributed by atoms with van der Waals surface area (Å²) in [4.78, 5) is 32.8. The second kappa shape index (κ2) is 9.93. The molecule has 40 heavy (non-hydrogen) atoms. The number of piperidine rings is 1. The number of rotatable bonds is 5. The van der Waals surface area contributed by atoms with Crippen LogP contribution in [0.4, 0.5) is 15.9 Å². The van der Waals surface area contributed by atoms with Crippen molar-refractivity contribution in [2.75, 3.05) is 31.6 Å². The van der Waals surface area contributed by atoms with Gasteiger partial charge >= 0.3 is 5.97 Å². The van der Waals surface area contributed by atoms with E-state index >= 15 is 0 Å².